The van der Waals surface area contributed by atoms with Crippen LogP contribution in [-0.2, 0) is 13.0 Å². The van der Waals surface area contributed by atoms with Crippen LogP contribution in [-0.4, -0.2) is 34.3 Å². The Morgan fingerprint density at radius 1 is 1.19 bits per heavy atom. The number of likely N-dealkylation sites (N-methyl/N-ethyl adjacent to an activating group) is 1. The number of rotatable bonds is 4. The molecule has 0 aliphatic carbocycles. The molecule has 5 rings (SSSR count). The van der Waals surface area contributed by atoms with Crippen LogP contribution in [0.3, 0.4) is 0 Å². The molecule has 9 heteroatoms. The Morgan fingerprint density at radius 3 is 2.78 bits per heavy atom. The monoisotopic (exact) mass is 464 g/mol. The van der Waals surface area contributed by atoms with Crippen molar-refractivity contribution in [3.8, 4) is 10.6 Å². The van der Waals surface area contributed by atoms with Crippen molar-refractivity contribution in [2.75, 3.05) is 18.9 Å². The number of nitrogens with one attached hydrogen (secondary N) is 1. The fraction of sp³-hybridized carbons (Fsp3) is 0.217. The summed E-state index contributed by atoms with van der Waals surface area (Å²) in [4.78, 5) is 32.4. The molecule has 0 saturated heterocycles. The number of anilines is 1. The maximum Gasteiger partial charge on any atom is 0.273 e. The average molecular weight is 465 g/mol. The minimum atomic E-state index is -0.460. The van der Waals surface area contributed by atoms with Gasteiger partial charge >= 0.3 is 0 Å². The summed E-state index contributed by atoms with van der Waals surface area (Å²) in [6, 6.07) is 12.6. The van der Waals surface area contributed by atoms with E-state index in [9.17, 15) is 14.9 Å². The molecular weight excluding hydrogens is 444 g/mol. The molecule has 0 unspecified atom stereocenters. The summed E-state index contributed by atoms with van der Waals surface area (Å²) in [7, 11) is 2.09. The number of carbonyl (C=O) groups is 1. The van der Waals surface area contributed by atoms with Gasteiger partial charge in [-0.1, -0.05) is 18.2 Å². The normalized spacial score (nSPS) is 13.8. The number of para-hydroxylation sites is 1. The molecule has 7 nitrogen and oxygen atoms in total. The highest BCUT2D eigenvalue weighted by atomic mass is 32.1. The van der Waals surface area contributed by atoms with Crippen LogP contribution >= 0.6 is 22.7 Å². The van der Waals surface area contributed by atoms with Gasteiger partial charge in [0.15, 0.2) is 0 Å². The number of nitro benzene ring substituents is 1. The summed E-state index contributed by atoms with van der Waals surface area (Å²) < 4.78 is 1.10. The van der Waals surface area contributed by atoms with Crippen LogP contribution in [0.4, 0.5) is 10.7 Å². The van der Waals surface area contributed by atoms with Crippen LogP contribution in [0.25, 0.3) is 20.8 Å². The van der Waals surface area contributed by atoms with E-state index in [1.165, 1.54) is 16.5 Å². The number of thiazole rings is 1. The molecule has 1 amide bonds. The molecule has 0 saturated carbocycles. The maximum absolute atomic E-state index is 13.2. The molecule has 3 heterocycles. The number of thiophene rings is 1. The van der Waals surface area contributed by atoms with Crippen LogP contribution in [0.1, 0.15) is 26.4 Å². The minimum Gasteiger partial charge on any atom is -0.313 e. The number of hydrogen-bond donors (Lipinski definition) is 1. The van der Waals surface area contributed by atoms with E-state index in [0.29, 0.717) is 11.1 Å². The number of aromatic nitrogens is 1. The molecule has 0 atom stereocenters. The van der Waals surface area contributed by atoms with E-state index in [4.69, 9.17) is 4.98 Å². The zero-order valence-corrected chi connectivity index (χ0v) is 19.2. The molecule has 0 spiro atoms. The SMILES string of the molecule is Cc1c(C(=O)Nc2sc3c(c2-c2nc4ccccc4s2)CCN(C)C3)cccc1[N+](=O)[O-]. The summed E-state index contributed by atoms with van der Waals surface area (Å²) in [5.41, 5.74) is 3.76. The van der Waals surface area contributed by atoms with Crippen LogP contribution < -0.4 is 5.32 Å². The molecule has 0 radical (unpaired) electrons. The first kappa shape index (κ1) is 20.7. The van der Waals surface area contributed by atoms with E-state index in [2.05, 4.69) is 17.3 Å². The first-order chi connectivity index (χ1) is 15.4. The van der Waals surface area contributed by atoms with Gasteiger partial charge in [-0.05, 0) is 44.2 Å². The largest absolute Gasteiger partial charge is 0.313 e. The summed E-state index contributed by atoms with van der Waals surface area (Å²) in [5.74, 6) is -0.347. The van der Waals surface area contributed by atoms with Crippen molar-refractivity contribution >= 4 is 49.5 Å². The Balaban J connectivity index is 1.59. The van der Waals surface area contributed by atoms with E-state index in [1.807, 2.05) is 24.3 Å². The van der Waals surface area contributed by atoms with E-state index >= 15 is 0 Å². The van der Waals surface area contributed by atoms with Crippen molar-refractivity contribution in [1.82, 2.24) is 9.88 Å². The predicted octanol–water partition coefficient (Wildman–Crippen LogP) is 5.48. The summed E-state index contributed by atoms with van der Waals surface area (Å²) in [6.07, 6.45) is 0.888. The number of nitrogens with zero attached hydrogens (tertiary/aromatic N) is 3. The second kappa shape index (κ2) is 8.09. The molecule has 32 heavy (non-hydrogen) atoms. The number of fused-ring (bicyclic) bond motifs is 2. The van der Waals surface area contributed by atoms with Crippen molar-refractivity contribution in [3.63, 3.8) is 0 Å². The fourth-order valence-corrected chi connectivity index (χ4v) is 6.50. The van der Waals surface area contributed by atoms with Gasteiger partial charge in [0, 0.05) is 40.7 Å². The van der Waals surface area contributed by atoms with Crippen LogP contribution in [0.15, 0.2) is 42.5 Å². The molecule has 2 aromatic carbocycles. The lowest BCUT2D eigenvalue weighted by Crippen LogP contribution is -2.25. The summed E-state index contributed by atoms with van der Waals surface area (Å²) in [6.45, 7) is 3.37. The fourth-order valence-electron chi connectivity index (χ4n) is 4.06. The smallest absolute Gasteiger partial charge is 0.273 e. The standard InChI is InChI=1S/C23H20N4O3S2/c1-13-14(6-5-8-17(13)27(29)30)21(28)25-23-20(15-10-11-26(2)12-19(15)32-23)22-24-16-7-3-4-9-18(16)31-22/h3-9H,10-12H2,1-2H3,(H,25,28). The van der Waals surface area contributed by atoms with Crippen molar-refractivity contribution in [2.45, 2.75) is 19.9 Å². The van der Waals surface area contributed by atoms with E-state index in [0.717, 1.165) is 45.3 Å². The molecule has 4 aromatic rings. The zero-order chi connectivity index (χ0) is 22.4. The molecule has 0 fully saturated rings. The van der Waals surface area contributed by atoms with Gasteiger partial charge in [0.2, 0.25) is 0 Å². The maximum atomic E-state index is 13.2. The molecule has 0 bridgehead atoms. The minimum absolute atomic E-state index is 0.0591. The van der Waals surface area contributed by atoms with Crippen LogP contribution in [0.5, 0.6) is 0 Å². The molecule has 2 aromatic heterocycles. The number of carbonyl (C=O) groups excluding carboxylic acids is 1. The Bertz CT molecular complexity index is 1340. The van der Waals surface area contributed by atoms with Gasteiger partial charge in [0.1, 0.15) is 10.0 Å². The van der Waals surface area contributed by atoms with Gasteiger partial charge < -0.3 is 10.2 Å². The molecular formula is C23H20N4O3S2. The highest BCUT2D eigenvalue weighted by Crippen LogP contribution is 2.45. The van der Waals surface area contributed by atoms with E-state index in [1.54, 1.807) is 41.7 Å². The van der Waals surface area contributed by atoms with Crippen molar-refractivity contribution < 1.29 is 9.72 Å². The highest BCUT2D eigenvalue weighted by molar-refractivity contribution is 7.23. The van der Waals surface area contributed by atoms with Crippen molar-refractivity contribution in [2.24, 2.45) is 0 Å². The Morgan fingerprint density at radius 2 is 2.00 bits per heavy atom. The van der Waals surface area contributed by atoms with E-state index < -0.39 is 4.92 Å². The number of amides is 1. The molecule has 1 N–H and O–H groups in total. The van der Waals surface area contributed by atoms with Crippen LogP contribution in [0, 0.1) is 17.0 Å². The first-order valence-corrected chi connectivity index (χ1v) is 11.8. The summed E-state index contributed by atoms with van der Waals surface area (Å²) in [5, 5.41) is 16.0. The zero-order valence-electron chi connectivity index (χ0n) is 17.5. The van der Waals surface area contributed by atoms with Gasteiger partial charge in [0.25, 0.3) is 11.6 Å². The second-order valence-corrected chi connectivity index (χ2v) is 9.98. The van der Waals surface area contributed by atoms with E-state index in [-0.39, 0.29) is 11.6 Å². The lowest BCUT2D eigenvalue weighted by Gasteiger charge is -2.22. The lowest BCUT2D eigenvalue weighted by atomic mass is 10.0. The molecule has 1 aliphatic rings. The summed E-state index contributed by atoms with van der Waals surface area (Å²) >= 11 is 3.19. The van der Waals surface area contributed by atoms with Crippen molar-refractivity contribution in [1.29, 1.82) is 0 Å². The Hall–Kier alpha value is -3.14. The lowest BCUT2D eigenvalue weighted by molar-refractivity contribution is -0.385. The van der Waals surface area contributed by atoms with Gasteiger partial charge in [-0.25, -0.2) is 4.98 Å². The van der Waals surface area contributed by atoms with Gasteiger partial charge in [-0.3, -0.25) is 14.9 Å². The average Bonchev–Trinajstić information content (AvgIpc) is 3.33. The third-order valence-corrected chi connectivity index (χ3v) is 7.92. The quantitative estimate of drug-likeness (QED) is 0.319. The van der Waals surface area contributed by atoms with Crippen LogP contribution in [0.2, 0.25) is 0 Å². The second-order valence-electron chi connectivity index (χ2n) is 7.84. The third-order valence-electron chi connectivity index (χ3n) is 5.73. The van der Waals surface area contributed by atoms with Gasteiger partial charge in [-0.15, -0.1) is 22.7 Å². The predicted molar refractivity (Wildman–Crippen MR) is 129 cm³/mol. The molecule has 162 valence electrons. The Labute approximate surface area is 192 Å². The topological polar surface area (TPSA) is 88.4 Å². The third kappa shape index (κ3) is 3.58. The highest BCUT2D eigenvalue weighted by Gasteiger charge is 2.27. The van der Waals surface area contributed by atoms with Crippen molar-refractivity contribution in [3.05, 3.63) is 74.1 Å². The van der Waals surface area contributed by atoms with Gasteiger partial charge in [0.05, 0.1) is 15.1 Å². The Kier molecular flexibility index (Phi) is 5.24. The number of benzene rings is 2. The first-order valence-electron chi connectivity index (χ1n) is 10.2. The number of nitro groups is 1. The number of hydrogen-bond acceptors (Lipinski definition) is 7. The van der Waals surface area contributed by atoms with Gasteiger partial charge in [-0.2, -0.15) is 0 Å². The molecule has 1 aliphatic heterocycles.